The molecule has 1 amide bonds. The summed E-state index contributed by atoms with van der Waals surface area (Å²) in [5.74, 6) is 0.711. The van der Waals surface area contributed by atoms with Gasteiger partial charge in [-0.3, -0.25) is 4.79 Å². The maximum absolute atomic E-state index is 11.2. The zero-order chi connectivity index (χ0) is 15.0. The van der Waals surface area contributed by atoms with Gasteiger partial charge >= 0.3 is 0 Å². The Morgan fingerprint density at radius 2 is 2.15 bits per heavy atom. The first-order chi connectivity index (χ1) is 9.52. The standard InChI is InChI=1S/C15H24N2O3/c1-4-17-15(19)9-16-8-13(18)10-20-14-7-11(2)5-6-12(14)3/h5-7,13,16,18H,4,8-10H2,1-3H3,(H,17,19). The van der Waals surface area contributed by atoms with Crippen LogP contribution in [0.25, 0.3) is 0 Å². The summed E-state index contributed by atoms with van der Waals surface area (Å²) in [7, 11) is 0. The Hall–Kier alpha value is -1.59. The number of ether oxygens (including phenoxy) is 1. The third-order valence-electron chi connectivity index (χ3n) is 2.81. The number of aliphatic hydroxyl groups excluding tert-OH is 1. The summed E-state index contributed by atoms with van der Waals surface area (Å²) in [5, 5.41) is 15.4. The summed E-state index contributed by atoms with van der Waals surface area (Å²) in [5.41, 5.74) is 2.16. The van der Waals surface area contributed by atoms with Crippen LogP contribution in [-0.4, -0.2) is 43.4 Å². The van der Waals surface area contributed by atoms with Gasteiger partial charge in [-0.05, 0) is 38.0 Å². The van der Waals surface area contributed by atoms with Gasteiger partial charge in [-0.2, -0.15) is 0 Å². The molecule has 1 unspecified atom stereocenters. The van der Waals surface area contributed by atoms with Gasteiger partial charge in [0.1, 0.15) is 18.5 Å². The Balaban J connectivity index is 2.27. The van der Waals surface area contributed by atoms with E-state index in [0.29, 0.717) is 13.1 Å². The minimum atomic E-state index is -0.649. The Morgan fingerprint density at radius 1 is 1.40 bits per heavy atom. The van der Waals surface area contributed by atoms with Crippen LogP contribution in [-0.2, 0) is 4.79 Å². The Kier molecular flexibility index (Phi) is 7.04. The average Bonchev–Trinajstić information content (AvgIpc) is 2.40. The molecule has 0 saturated heterocycles. The molecule has 1 rings (SSSR count). The van der Waals surface area contributed by atoms with Crippen molar-refractivity contribution in [1.29, 1.82) is 0 Å². The fourth-order valence-corrected chi connectivity index (χ4v) is 1.72. The van der Waals surface area contributed by atoms with E-state index in [-0.39, 0.29) is 19.1 Å². The van der Waals surface area contributed by atoms with Crippen LogP contribution in [0, 0.1) is 13.8 Å². The first-order valence-electron chi connectivity index (χ1n) is 6.88. The Bertz CT molecular complexity index is 435. The minimum absolute atomic E-state index is 0.0739. The van der Waals surface area contributed by atoms with Crippen molar-refractivity contribution < 1.29 is 14.6 Å². The van der Waals surface area contributed by atoms with E-state index >= 15 is 0 Å². The molecule has 0 aromatic heterocycles. The summed E-state index contributed by atoms with van der Waals surface area (Å²) in [6.45, 7) is 7.16. The summed E-state index contributed by atoms with van der Waals surface area (Å²) in [6, 6.07) is 5.96. The van der Waals surface area contributed by atoms with Gasteiger partial charge in [0.25, 0.3) is 0 Å². The molecule has 112 valence electrons. The monoisotopic (exact) mass is 280 g/mol. The zero-order valence-corrected chi connectivity index (χ0v) is 12.4. The SMILES string of the molecule is CCNC(=O)CNCC(O)COc1cc(C)ccc1C. The molecule has 3 N–H and O–H groups in total. The number of hydrogen-bond acceptors (Lipinski definition) is 4. The quantitative estimate of drug-likeness (QED) is 0.658. The number of amides is 1. The highest BCUT2D eigenvalue weighted by Gasteiger charge is 2.07. The van der Waals surface area contributed by atoms with Crippen LogP contribution in [0.3, 0.4) is 0 Å². The number of aryl methyl sites for hydroxylation is 2. The fraction of sp³-hybridized carbons (Fsp3) is 0.533. The van der Waals surface area contributed by atoms with E-state index in [9.17, 15) is 9.90 Å². The lowest BCUT2D eigenvalue weighted by Gasteiger charge is -2.15. The molecule has 1 aromatic carbocycles. The van der Waals surface area contributed by atoms with Crippen LogP contribution in [0.5, 0.6) is 5.75 Å². The van der Waals surface area contributed by atoms with Gasteiger partial charge in [0.15, 0.2) is 0 Å². The van der Waals surface area contributed by atoms with Gasteiger partial charge in [-0.25, -0.2) is 0 Å². The molecule has 0 fully saturated rings. The molecule has 20 heavy (non-hydrogen) atoms. The maximum Gasteiger partial charge on any atom is 0.233 e. The Labute approximate surface area is 120 Å². The molecule has 1 aromatic rings. The third-order valence-corrected chi connectivity index (χ3v) is 2.81. The van der Waals surface area contributed by atoms with Crippen LogP contribution in [0.1, 0.15) is 18.1 Å². The topological polar surface area (TPSA) is 70.6 Å². The van der Waals surface area contributed by atoms with E-state index in [1.54, 1.807) is 0 Å². The highest BCUT2D eigenvalue weighted by molar-refractivity contribution is 5.77. The third kappa shape index (κ3) is 6.04. The van der Waals surface area contributed by atoms with Gasteiger partial charge in [0, 0.05) is 13.1 Å². The van der Waals surface area contributed by atoms with Crippen LogP contribution >= 0.6 is 0 Å². The van der Waals surface area contributed by atoms with Crippen molar-refractivity contribution in [2.45, 2.75) is 26.9 Å². The van der Waals surface area contributed by atoms with Gasteiger partial charge in [-0.1, -0.05) is 12.1 Å². The van der Waals surface area contributed by atoms with E-state index in [0.717, 1.165) is 16.9 Å². The number of likely N-dealkylation sites (N-methyl/N-ethyl adjacent to an activating group) is 1. The highest BCUT2D eigenvalue weighted by Crippen LogP contribution is 2.19. The average molecular weight is 280 g/mol. The molecule has 1 atom stereocenters. The van der Waals surface area contributed by atoms with Gasteiger partial charge in [-0.15, -0.1) is 0 Å². The van der Waals surface area contributed by atoms with Crippen molar-refractivity contribution in [2.24, 2.45) is 0 Å². The van der Waals surface area contributed by atoms with Crippen molar-refractivity contribution in [1.82, 2.24) is 10.6 Å². The first-order valence-corrected chi connectivity index (χ1v) is 6.88. The largest absolute Gasteiger partial charge is 0.491 e. The molecule has 5 heteroatoms. The van der Waals surface area contributed by atoms with E-state index in [1.165, 1.54) is 0 Å². The second-order valence-corrected chi connectivity index (χ2v) is 4.82. The van der Waals surface area contributed by atoms with E-state index in [1.807, 2.05) is 39.0 Å². The van der Waals surface area contributed by atoms with Crippen molar-refractivity contribution in [3.05, 3.63) is 29.3 Å². The lowest BCUT2D eigenvalue weighted by atomic mass is 10.1. The van der Waals surface area contributed by atoms with Gasteiger partial charge < -0.3 is 20.5 Å². The molecule has 0 aliphatic heterocycles. The molecule has 5 nitrogen and oxygen atoms in total. The highest BCUT2D eigenvalue weighted by atomic mass is 16.5. The van der Waals surface area contributed by atoms with E-state index in [4.69, 9.17) is 4.74 Å². The second kappa shape index (κ2) is 8.55. The Morgan fingerprint density at radius 3 is 2.85 bits per heavy atom. The number of hydrogen-bond donors (Lipinski definition) is 3. The fourth-order valence-electron chi connectivity index (χ4n) is 1.72. The molecule has 0 bridgehead atoms. The first kappa shape index (κ1) is 16.5. The summed E-state index contributed by atoms with van der Waals surface area (Å²) in [6.07, 6.45) is -0.649. The van der Waals surface area contributed by atoms with Crippen molar-refractivity contribution in [3.8, 4) is 5.75 Å². The molecule has 0 radical (unpaired) electrons. The predicted octanol–water partition coefficient (Wildman–Crippen LogP) is 0.769. The summed E-state index contributed by atoms with van der Waals surface area (Å²) >= 11 is 0. The number of nitrogens with one attached hydrogen (secondary N) is 2. The molecular formula is C15H24N2O3. The zero-order valence-electron chi connectivity index (χ0n) is 12.4. The lowest BCUT2D eigenvalue weighted by Crippen LogP contribution is -2.38. The summed E-state index contributed by atoms with van der Waals surface area (Å²) in [4.78, 5) is 11.2. The van der Waals surface area contributed by atoms with Crippen molar-refractivity contribution >= 4 is 5.91 Å². The maximum atomic E-state index is 11.2. The number of carbonyl (C=O) groups excluding carboxylic acids is 1. The summed E-state index contributed by atoms with van der Waals surface area (Å²) < 4.78 is 5.59. The van der Waals surface area contributed by atoms with Crippen LogP contribution < -0.4 is 15.4 Å². The molecule has 0 aliphatic carbocycles. The van der Waals surface area contributed by atoms with Gasteiger partial charge in [0.05, 0.1) is 6.54 Å². The number of carbonyl (C=O) groups is 1. The smallest absolute Gasteiger partial charge is 0.233 e. The van der Waals surface area contributed by atoms with Crippen LogP contribution in [0.2, 0.25) is 0 Å². The van der Waals surface area contributed by atoms with E-state index in [2.05, 4.69) is 10.6 Å². The van der Waals surface area contributed by atoms with Crippen molar-refractivity contribution in [3.63, 3.8) is 0 Å². The van der Waals surface area contributed by atoms with Gasteiger partial charge in [0.2, 0.25) is 5.91 Å². The molecule has 0 heterocycles. The molecular weight excluding hydrogens is 256 g/mol. The molecule has 0 spiro atoms. The van der Waals surface area contributed by atoms with E-state index < -0.39 is 6.10 Å². The second-order valence-electron chi connectivity index (χ2n) is 4.82. The minimum Gasteiger partial charge on any atom is -0.491 e. The number of benzene rings is 1. The molecule has 0 aliphatic rings. The van der Waals surface area contributed by atoms with Crippen LogP contribution in [0.15, 0.2) is 18.2 Å². The number of aliphatic hydroxyl groups is 1. The normalized spacial score (nSPS) is 12.0. The van der Waals surface area contributed by atoms with Crippen LogP contribution in [0.4, 0.5) is 0 Å². The lowest BCUT2D eigenvalue weighted by molar-refractivity contribution is -0.120. The predicted molar refractivity (Wildman–Crippen MR) is 79.0 cm³/mol. The molecule has 0 saturated carbocycles. The number of rotatable bonds is 8. The van der Waals surface area contributed by atoms with Crippen molar-refractivity contribution in [2.75, 3.05) is 26.2 Å².